The van der Waals surface area contributed by atoms with Crippen molar-refractivity contribution in [3.63, 3.8) is 0 Å². The van der Waals surface area contributed by atoms with Crippen LogP contribution in [0.2, 0.25) is 5.02 Å². The Bertz CT molecular complexity index is 1080. The van der Waals surface area contributed by atoms with Gasteiger partial charge in [0.2, 0.25) is 5.91 Å². The first-order valence-electron chi connectivity index (χ1n) is 10.2. The van der Waals surface area contributed by atoms with E-state index >= 15 is 0 Å². The van der Waals surface area contributed by atoms with Crippen LogP contribution in [0.3, 0.4) is 0 Å². The molecular formula is C22H27ClN4O3S2. The van der Waals surface area contributed by atoms with Crippen LogP contribution in [0.15, 0.2) is 28.7 Å². The first kappa shape index (κ1) is 24.4. The second kappa shape index (κ2) is 11.1. The number of benzene rings is 1. The lowest BCUT2D eigenvalue weighted by Crippen LogP contribution is -2.15. The second-order valence-corrected chi connectivity index (χ2v) is 9.67. The van der Waals surface area contributed by atoms with Crippen molar-refractivity contribution in [1.29, 1.82) is 0 Å². The van der Waals surface area contributed by atoms with Crippen molar-refractivity contribution in [1.82, 2.24) is 14.8 Å². The molecule has 0 radical (unpaired) electrons. The first-order chi connectivity index (χ1) is 15.4. The number of thioether (sulfide) groups is 1. The lowest BCUT2D eigenvalue weighted by atomic mass is 10.1. The quantitative estimate of drug-likeness (QED) is 0.351. The number of nitrogens with one attached hydrogen (secondary N) is 1. The van der Waals surface area contributed by atoms with Crippen molar-refractivity contribution >= 4 is 46.3 Å². The normalized spacial score (nSPS) is 11.1. The maximum atomic E-state index is 12.6. The van der Waals surface area contributed by atoms with Crippen LogP contribution < -0.4 is 14.8 Å². The monoisotopic (exact) mass is 494 g/mol. The van der Waals surface area contributed by atoms with E-state index in [9.17, 15) is 4.79 Å². The Morgan fingerprint density at radius 2 is 1.97 bits per heavy atom. The summed E-state index contributed by atoms with van der Waals surface area (Å²) < 4.78 is 12.6. The number of halogens is 1. The molecule has 10 heteroatoms. The van der Waals surface area contributed by atoms with Crippen molar-refractivity contribution < 1.29 is 14.3 Å². The lowest BCUT2D eigenvalue weighted by molar-refractivity contribution is -0.113. The number of carbonyl (C=O) groups is 1. The second-order valence-electron chi connectivity index (χ2n) is 7.37. The fourth-order valence-electron chi connectivity index (χ4n) is 3.08. The Morgan fingerprint density at radius 3 is 2.59 bits per heavy atom. The Morgan fingerprint density at radius 1 is 1.22 bits per heavy atom. The van der Waals surface area contributed by atoms with Crippen LogP contribution in [0.5, 0.6) is 11.5 Å². The highest BCUT2D eigenvalue weighted by molar-refractivity contribution is 7.99. The molecule has 1 N–H and O–H groups in total. The highest BCUT2D eigenvalue weighted by Gasteiger charge is 2.18. The minimum absolute atomic E-state index is 0.177. The summed E-state index contributed by atoms with van der Waals surface area (Å²) >= 11 is 9.22. The number of rotatable bonds is 10. The topological polar surface area (TPSA) is 78.3 Å². The summed E-state index contributed by atoms with van der Waals surface area (Å²) in [5.74, 6) is 2.21. The Kier molecular flexibility index (Phi) is 8.44. The molecule has 3 aromatic rings. The number of aromatic nitrogens is 3. The van der Waals surface area contributed by atoms with Gasteiger partial charge in [-0.25, -0.2) is 0 Å². The molecule has 0 spiro atoms. The third kappa shape index (κ3) is 5.57. The van der Waals surface area contributed by atoms with Crippen molar-refractivity contribution in [2.75, 3.05) is 25.3 Å². The standard InChI is InChI=1S/C22H27ClN4O3S2/c1-6-7-27-21(14-8-19(13(2)3)31-11-14)25-26-22(27)32-12-20(28)24-16-10-17(29-4)15(23)9-18(16)30-5/h8-11,13H,6-7,12H2,1-5H3,(H,24,28). The molecule has 0 saturated carbocycles. The summed E-state index contributed by atoms with van der Waals surface area (Å²) in [6, 6.07) is 5.43. The fourth-order valence-corrected chi connectivity index (χ4v) is 4.98. The average molecular weight is 495 g/mol. The molecule has 7 nitrogen and oxygen atoms in total. The van der Waals surface area contributed by atoms with Crippen LogP contribution in [0.4, 0.5) is 5.69 Å². The largest absolute Gasteiger partial charge is 0.495 e. The zero-order valence-corrected chi connectivity index (χ0v) is 21.2. The fraction of sp³-hybridized carbons (Fsp3) is 0.409. The third-order valence-corrected chi connectivity index (χ3v) is 7.19. The van der Waals surface area contributed by atoms with Gasteiger partial charge in [-0.1, -0.05) is 44.1 Å². The summed E-state index contributed by atoms with van der Waals surface area (Å²) in [6.07, 6.45) is 0.938. The molecule has 0 bridgehead atoms. The Hall–Kier alpha value is -2.23. The van der Waals surface area contributed by atoms with Crippen LogP contribution in [-0.2, 0) is 11.3 Å². The van der Waals surface area contributed by atoms with Crippen molar-refractivity contribution in [3.8, 4) is 22.9 Å². The molecule has 2 aromatic heterocycles. The van der Waals surface area contributed by atoms with Crippen LogP contribution in [0.1, 0.15) is 38.0 Å². The average Bonchev–Trinajstić information content (AvgIpc) is 3.41. The van der Waals surface area contributed by atoms with E-state index < -0.39 is 0 Å². The molecule has 172 valence electrons. The van der Waals surface area contributed by atoms with Crippen molar-refractivity contribution in [2.45, 2.75) is 44.8 Å². The van der Waals surface area contributed by atoms with E-state index in [2.05, 4.69) is 52.3 Å². The van der Waals surface area contributed by atoms with Gasteiger partial charge in [-0.15, -0.1) is 21.5 Å². The van der Waals surface area contributed by atoms with Crippen molar-refractivity contribution in [3.05, 3.63) is 33.5 Å². The maximum Gasteiger partial charge on any atom is 0.234 e. The van der Waals surface area contributed by atoms with E-state index in [4.69, 9.17) is 21.1 Å². The maximum absolute atomic E-state index is 12.6. The smallest absolute Gasteiger partial charge is 0.234 e. The Balaban J connectivity index is 1.74. The number of methoxy groups -OCH3 is 2. The molecule has 0 fully saturated rings. The summed E-state index contributed by atoms with van der Waals surface area (Å²) in [7, 11) is 3.04. The van der Waals surface area contributed by atoms with Gasteiger partial charge in [0.15, 0.2) is 11.0 Å². The number of ether oxygens (including phenoxy) is 2. The van der Waals surface area contributed by atoms with Gasteiger partial charge in [0, 0.05) is 34.5 Å². The molecule has 0 aliphatic heterocycles. The Labute approximate surface area is 201 Å². The molecule has 0 atom stereocenters. The lowest BCUT2D eigenvalue weighted by Gasteiger charge is -2.13. The molecule has 2 heterocycles. The first-order valence-corrected chi connectivity index (χ1v) is 12.5. The number of thiophene rings is 1. The van der Waals surface area contributed by atoms with Gasteiger partial charge in [-0.2, -0.15) is 0 Å². The van der Waals surface area contributed by atoms with Gasteiger partial charge in [-0.05, 0) is 18.4 Å². The summed E-state index contributed by atoms with van der Waals surface area (Å²) in [4.78, 5) is 14.0. The number of nitrogens with zero attached hydrogens (tertiary/aromatic N) is 3. The van der Waals surface area contributed by atoms with Crippen LogP contribution in [0.25, 0.3) is 11.4 Å². The highest BCUT2D eigenvalue weighted by Crippen LogP contribution is 2.36. The van der Waals surface area contributed by atoms with E-state index in [0.717, 1.165) is 29.5 Å². The minimum Gasteiger partial charge on any atom is -0.495 e. The minimum atomic E-state index is -0.192. The number of anilines is 1. The predicted molar refractivity (Wildman–Crippen MR) is 132 cm³/mol. The van der Waals surface area contributed by atoms with E-state index in [1.165, 1.54) is 30.9 Å². The molecule has 0 aliphatic rings. The number of carbonyl (C=O) groups excluding carboxylic acids is 1. The van der Waals surface area contributed by atoms with Crippen LogP contribution >= 0.6 is 34.7 Å². The van der Waals surface area contributed by atoms with Gasteiger partial charge in [0.25, 0.3) is 0 Å². The molecule has 0 saturated heterocycles. The van der Waals surface area contributed by atoms with E-state index in [-0.39, 0.29) is 11.7 Å². The number of hydrogen-bond donors (Lipinski definition) is 1. The summed E-state index contributed by atoms with van der Waals surface area (Å²) in [5.41, 5.74) is 1.56. The van der Waals surface area contributed by atoms with E-state index in [1.54, 1.807) is 23.5 Å². The van der Waals surface area contributed by atoms with Gasteiger partial charge in [-0.3, -0.25) is 4.79 Å². The third-order valence-electron chi connectivity index (χ3n) is 4.69. The zero-order chi connectivity index (χ0) is 23.3. The molecule has 0 aliphatic carbocycles. The SMILES string of the molecule is CCCn1c(SCC(=O)Nc2cc(OC)c(Cl)cc2OC)nnc1-c1csc(C(C)C)c1. The number of hydrogen-bond acceptors (Lipinski definition) is 7. The molecule has 32 heavy (non-hydrogen) atoms. The zero-order valence-electron chi connectivity index (χ0n) is 18.8. The van der Waals surface area contributed by atoms with Gasteiger partial charge >= 0.3 is 0 Å². The van der Waals surface area contributed by atoms with E-state index in [1.807, 2.05) is 0 Å². The van der Waals surface area contributed by atoms with Crippen molar-refractivity contribution in [2.24, 2.45) is 0 Å². The van der Waals surface area contributed by atoms with Crippen LogP contribution in [-0.4, -0.2) is 40.6 Å². The van der Waals surface area contributed by atoms with Gasteiger partial charge in [0.05, 0.1) is 30.7 Å². The molecule has 1 amide bonds. The molecule has 1 aromatic carbocycles. The number of amides is 1. The molecular weight excluding hydrogens is 468 g/mol. The molecule has 0 unspecified atom stereocenters. The van der Waals surface area contributed by atoms with E-state index in [0.29, 0.717) is 28.1 Å². The summed E-state index contributed by atoms with van der Waals surface area (Å²) in [6.45, 7) is 7.24. The predicted octanol–water partition coefficient (Wildman–Crippen LogP) is 5.94. The van der Waals surface area contributed by atoms with Gasteiger partial charge in [0.1, 0.15) is 11.5 Å². The molecule has 3 rings (SSSR count). The van der Waals surface area contributed by atoms with Gasteiger partial charge < -0.3 is 19.4 Å². The summed E-state index contributed by atoms with van der Waals surface area (Å²) in [5, 5.41) is 14.9. The highest BCUT2D eigenvalue weighted by atomic mass is 35.5. The van der Waals surface area contributed by atoms with Crippen LogP contribution in [0, 0.1) is 0 Å².